The number of rotatable bonds is 6. The van der Waals surface area contributed by atoms with Crippen molar-refractivity contribution in [2.24, 2.45) is 0 Å². The van der Waals surface area contributed by atoms with Gasteiger partial charge in [-0.3, -0.25) is 4.90 Å². The minimum absolute atomic E-state index is 0.207. The summed E-state index contributed by atoms with van der Waals surface area (Å²) in [5.74, 6) is -0.335. The van der Waals surface area contributed by atoms with Crippen LogP contribution in [0.5, 0.6) is 0 Å². The Kier molecular flexibility index (Phi) is 5.13. The summed E-state index contributed by atoms with van der Waals surface area (Å²) in [4.78, 5) is 2.32. The Morgan fingerprint density at radius 3 is 2.35 bits per heavy atom. The molecule has 2 aromatic carbocycles. The lowest BCUT2D eigenvalue weighted by Crippen LogP contribution is -2.23. The molecule has 0 aliphatic carbocycles. The molecule has 0 spiro atoms. The lowest BCUT2D eigenvalue weighted by molar-refractivity contribution is 0.257. The molecule has 0 amide bonds. The quantitative estimate of drug-likeness (QED) is 0.810. The van der Waals surface area contributed by atoms with E-state index in [4.69, 9.17) is 5.73 Å². The molecular weight excluding hydrogens is 251 g/mol. The van der Waals surface area contributed by atoms with Gasteiger partial charge in [-0.1, -0.05) is 43.3 Å². The minimum atomic E-state index is -0.335. The fourth-order valence-electron chi connectivity index (χ4n) is 2.30. The third-order valence-corrected chi connectivity index (χ3v) is 3.26. The maximum atomic E-state index is 13.5. The van der Waals surface area contributed by atoms with E-state index in [1.165, 1.54) is 11.6 Å². The summed E-state index contributed by atoms with van der Waals surface area (Å²) in [5.41, 5.74) is 7.95. The van der Waals surface area contributed by atoms with Gasteiger partial charge in [-0.25, -0.2) is 4.39 Å². The van der Waals surface area contributed by atoms with Gasteiger partial charge in [-0.2, -0.15) is 0 Å². The van der Waals surface area contributed by atoms with Crippen molar-refractivity contribution in [3.05, 3.63) is 65.5 Å². The Bertz CT molecular complexity index is 540. The second kappa shape index (κ2) is 7.06. The molecule has 0 bridgehead atoms. The molecule has 2 nitrogen and oxygen atoms in total. The van der Waals surface area contributed by atoms with E-state index in [1.807, 2.05) is 24.3 Å². The second-order valence-electron chi connectivity index (χ2n) is 5.05. The van der Waals surface area contributed by atoms with Gasteiger partial charge in [-0.15, -0.1) is 0 Å². The van der Waals surface area contributed by atoms with Gasteiger partial charge >= 0.3 is 0 Å². The SMILES string of the molecule is CCCN(Cc1ccccc1)Cc1ccc(N)c(F)c1. The van der Waals surface area contributed by atoms with Crippen LogP contribution in [0.15, 0.2) is 48.5 Å². The highest BCUT2D eigenvalue weighted by molar-refractivity contribution is 5.41. The predicted octanol–water partition coefficient (Wildman–Crippen LogP) is 3.82. The Labute approximate surface area is 120 Å². The Hall–Kier alpha value is -1.87. The highest BCUT2D eigenvalue weighted by Crippen LogP contribution is 2.15. The topological polar surface area (TPSA) is 29.3 Å². The molecule has 2 aromatic rings. The summed E-state index contributed by atoms with van der Waals surface area (Å²) < 4.78 is 13.5. The van der Waals surface area contributed by atoms with Crippen molar-refractivity contribution >= 4 is 5.69 Å². The van der Waals surface area contributed by atoms with E-state index in [2.05, 4.69) is 24.0 Å². The molecule has 0 fully saturated rings. The first kappa shape index (κ1) is 14.5. The van der Waals surface area contributed by atoms with E-state index >= 15 is 0 Å². The first-order valence-corrected chi connectivity index (χ1v) is 6.99. The molecule has 0 atom stereocenters. The minimum Gasteiger partial charge on any atom is -0.396 e. The van der Waals surface area contributed by atoms with Gasteiger partial charge in [0.25, 0.3) is 0 Å². The van der Waals surface area contributed by atoms with Crippen LogP contribution in [-0.4, -0.2) is 11.4 Å². The highest BCUT2D eigenvalue weighted by atomic mass is 19.1. The first-order valence-electron chi connectivity index (χ1n) is 6.99. The van der Waals surface area contributed by atoms with Gasteiger partial charge < -0.3 is 5.73 Å². The van der Waals surface area contributed by atoms with Crippen molar-refractivity contribution in [3.63, 3.8) is 0 Å². The van der Waals surface area contributed by atoms with Crippen molar-refractivity contribution < 1.29 is 4.39 Å². The van der Waals surface area contributed by atoms with Crippen LogP contribution in [0.3, 0.4) is 0 Å². The number of hydrogen-bond donors (Lipinski definition) is 1. The zero-order chi connectivity index (χ0) is 14.4. The number of benzene rings is 2. The molecule has 0 aliphatic rings. The maximum Gasteiger partial charge on any atom is 0.146 e. The summed E-state index contributed by atoms with van der Waals surface area (Å²) in [6.07, 6.45) is 1.07. The molecule has 2 N–H and O–H groups in total. The molecule has 106 valence electrons. The van der Waals surface area contributed by atoms with Crippen molar-refractivity contribution in [2.45, 2.75) is 26.4 Å². The standard InChI is InChI=1S/C17H21FN2/c1-2-10-20(12-14-6-4-3-5-7-14)13-15-8-9-17(19)16(18)11-15/h3-9,11H,2,10,12-13,19H2,1H3. The predicted molar refractivity (Wildman–Crippen MR) is 81.7 cm³/mol. The van der Waals surface area contributed by atoms with Crippen LogP contribution in [0.2, 0.25) is 0 Å². The smallest absolute Gasteiger partial charge is 0.146 e. The third kappa shape index (κ3) is 4.07. The van der Waals surface area contributed by atoms with Crippen molar-refractivity contribution in [2.75, 3.05) is 12.3 Å². The van der Waals surface area contributed by atoms with E-state index in [1.54, 1.807) is 6.07 Å². The molecule has 2 rings (SSSR count). The summed E-state index contributed by atoms with van der Waals surface area (Å²) in [6, 6.07) is 15.4. The van der Waals surface area contributed by atoms with Crippen molar-refractivity contribution in [3.8, 4) is 0 Å². The monoisotopic (exact) mass is 272 g/mol. The lowest BCUT2D eigenvalue weighted by atomic mass is 10.1. The van der Waals surface area contributed by atoms with Crippen molar-refractivity contribution in [1.82, 2.24) is 4.90 Å². The Balaban J connectivity index is 2.06. The number of anilines is 1. The van der Waals surface area contributed by atoms with Crippen LogP contribution >= 0.6 is 0 Å². The number of nitrogens with zero attached hydrogens (tertiary/aromatic N) is 1. The second-order valence-corrected chi connectivity index (χ2v) is 5.05. The summed E-state index contributed by atoms with van der Waals surface area (Å²) in [6.45, 7) is 4.75. The molecule has 0 unspecified atom stereocenters. The summed E-state index contributed by atoms with van der Waals surface area (Å²) in [7, 11) is 0. The third-order valence-electron chi connectivity index (χ3n) is 3.26. The van der Waals surface area contributed by atoms with Crippen LogP contribution in [0.25, 0.3) is 0 Å². The molecule has 20 heavy (non-hydrogen) atoms. The number of hydrogen-bond acceptors (Lipinski definition) is 2. The Morgan fingerprint density at radius 2 is 1.70 bits per heavy atom. The molecule has 0 radical (unpaired) electrons. The molecular formula is C17H21FN2. The van der Waals surface area contributed by atoms with Crippen LogP contribution in [0.1, 0.15) is 24.5 Å². The zero-order valence-electron chi connectivity index (χ0n) is 11.8. The summed E-state index contributed by atoms with van der Waals surface area (Å²) >= 11 is 0. The molecule has 0 saturated heterocycles. The number of halogens is 1. The molecule has 0 heterocycles. The van der Waals surface area contributed by atoms with E-state index in [9.17, 15) is 4.39 Å². The van der Waals surface area contributed by atoms with E-state index in [0.29, 0.717) is 0 Å². The van der Waals surface area contributed by atoms with Crippen LogP contribution in [0.4, 0.5) is 10.1 Å². The van der Waals surface area contributed by atoms with Gasteiger partial charge in [0.2, 0.25) is 0 Å². The van der Waals surface area contributed by atoms with Gasteiger partial charge in [0.1, 0.15) is 5.82 Å². The van der Waals surface area contributed by atoms with E-state index in [-0.39, 0.29) is 11.5 Å². The fourth-order valence-corrected chi connectivity index (χ4v) is 2.30. The Morgan fingerprint density at radius 1 is 1.00 bits per heavy atom. The molecule has 0 aliphatic heterocycles. The number of nitrogens with two attached hydrogens (primary N) is 1. The molecule has 0 aromatic heterocycles. The zero-order valence-corrected chi connectivity index (χ0v) is 11.8. The van der Waals surface area contributed by atoms with Gasteiger partial charge in [-0.05, 0) is 36.2 Å². The van der Waals surface area contributed by atoms with Crippen LogP contribution in [-0.2, 0) is 13.1 Å². The largest absolute Gasteiger partial charge is 0.396 e. The van der Waals surface area contributed by atoms with Crippen LogP contribution in [0, 0.1) is 5.82 Å². The van der Waals surface area contributed by atoms with Gasteiger partial charge in [0, 0.05) is 13.1 Å². The normalized spacial score (nSPS) is 10.9. The van der Waals surface area contributed by atoms with E-state index in [0.717, 1.165) is 31.6 Å². The molecule has 0 saturated carbocycles. The fraction of sp³-hybridized carbons (Fsp3) is 0.294. The van der Waals surface area contributed by atoms with E-state index < -0.39 is 0 Å². The first-order chi connectivity index (χ1) is 9.69. The maximum absolute atomic E-state index is 13.5. The van der Waals surface area contributed by atoms with Crippen molar-refractivity contribution in [1.29, 1.82) is 0 Å². The molecule has 3 heteroatoms. The summed E-state index contributed by atoms with van der Waals surface area (Å²) in [5, 5.41) is 0. The van der Waals surface area contributed by atoms with Crippen LogP contribution < -0.4 is 5.73 Å². The van der Waals surface area contributed by atoms with Gasteiger partial charge in [0.05, 0.1) is 5.69 Å². The number of nitrogen functional groups attached to an aromatic ring is 1. The van der Waals surface area contributed by atoms with Gasteiger partial charge in [0.15, 0.2) is 0 Å². The average Bonchev–Trinajstić information content (AvgIpc) is 2.44. The lowest BCUT2D eigenvalue weighted by Gasteiger charge is -2.22. The highest BCUT2D eigenvalue weighted by Gasteiger charge is 2.08. The average molecular weight is 272 g/mol.